The van der Waals surface area contributed by atoms with Gasteiger partial charge in [-0.05, 0) is 51.1 Å². The molecule has 0 saturated heterocycles. The van der Waals surface area contributed by atoms with Crippen LogP contribution in [0.4, 0.5) is 10.5 Å². The van der Waals surface area contributed by atoms with E-state index < -0.39 is 11.7 Å². The van der Waals surface area contributed by atoms with Crippen LogP contribution in [0, 0.1) is 0 Å². The van der Waals surface area contributed by atoms with Crippen molar-refractivity contribution in [1.29, 1.82) is 0 Å². The second kappa shape index (κ2) is 6.05. The van der Waals surface area contributed by atoms with E-state index in [0.717, 1.165) is 10.8 Å². The fourth-order valence-electron chi connectivity index (χ4n) is 2.92. The number of rotatable bonds is 1. The molecular weight excluding hydrogens is 342 g/mol. The molecular formula is C20H19N5O2. The van der Waals surface area contributed by atoms with E-state index >= 15 is 0 Å². The van der Waals surface area contributed by atoms with Crippen LogP contribution in [0.1, 0.15) is 20.8 Å². The summed E-state index contributed by atoms with van der Waals surface area (Å²) < 4.78 is 7.08. The number of nitrogens with zero attached hydrogens (tertiary/aromatic N) is 4. The van der Waals surface area contributed by atoms with Gasteiger partial charge >= 0.3 is 6.09 Å². The third kappa shape index (κ3) is 3.08. The quantitative estimate of drug-likeness (QED) is 0.550. The van der Waals surface area contributed by atoms with Gasteiger partial charge in [-0.1, -0.05) is 0 Å². The van der Waals surface area contributed by atoms with E-state index in [4.69, 9.17) is 15.5 Å². The van der Waals surface area contributed by atoms with Gasteiger partial charge in [0, 0.05) is 23.2 Å². The smallest absolute Gasteiger partial charge is 0.420 e. The summed E-state index contributed by atoms with van der Waals surface area (Å²) in [7, 11) is 0. The number of fused-ring (bicyclic) bond motifs is 3. The number of pyridine rings is 3. The van der Waals surface area contributed by atoms with Gasteiger partial charge in [0.15, 0.2) is 5.65 Å². The van der Waals surface area contributed by atoms with Crippen molar-refractivity contribution in [3.63, 3.8) is 0 Å². The molecule has 7 heteroatoms. The van der Waals surface area contributed by atoms with E-state index in [9.17, 15) is 4.79 Å². The number of carbonyl (C=O) groups excluding carboxylic acids is 1. The molecule has 0 spiro atoms. The number of nitrogens with two attached hydrogens (primary N) is 1. The molecule has 4 rings (SSSR count). The predicted molar refractivity (Wildman–Crippen MR) is 104 cm³/mol. The van der Waals surface area contributed by atoms with Gasteiger partial charge in [-0.3, -0.25) is 9.97 Å². The Bertz CT molecular complexity index is 1160. The Morgan fingerprint density at radius 1 is 1.04 bits per heavy atom. The first-order valence-corrected chi connectivity index (χ1v) is 8.54. The molecule has 0 aliphatic heterocycles. The topological polar surface area (TPSA) is 95.9 Å². The van der Waals surface area contributed by atoms with E-state index in [0.29, 0.717) is 28.2 Å². The monoisotopic (exact) mass is 361 g/mol. The maximum Gasteiger partial charge on any atom is 0.420 e. The van der Waals surface area contributed by atoms with Crippen LogP contribution in [-0.2, 0) is 4.74 Å². The van der Waals surface area contributed by atoms with Crippen molar-refractivity contribution in [2.24, 2.45) is 0 Å². The second-order valence-corrected chi connectivity index (χ2v) is 7.25. The zero-order valence-electron chi connectivity index (χ0n) is 15.3. The van der Waals surface area contributed by atoms with Crippen molar-refractivity contribution in [1.82, 2.24) is 19.5 Å². The minimum atomic E-state index is -0.622. The Kier molecular flexibility index (Phi) is 3.80. The predicted octanol–water partition coefficient (Wildman–Crippen LogP) is 4.01. The number of aromatic nitrogens is 4. The lowest BCUT2D eigenvalue weighted by Gasteiger charge is -2.20. The Morgan fingerprint density at radius 2 is 1.81 bits per heavy atom. The number of anilines is 1. The van der Waals surface area contributed by atoms with Crippen molar-refractivity contribution in [3.8, 4) is 11.4 Å². The van der Waals surface area contributed by atoms with E-state index in [1.165, 1.54) is 4.57 Å². The minimum Gasteiger partial charge on any atom is -0.443 e. The first-order valence-electron chi connectivity index (χ1n) is 8.54. The van der Waals surface area contributed by atoms with Crippen molar-refractivity contribution >= 4 is 33.7 Å². The lowest BCUT2D eigenvalue weighted by Crippen LogP contribution is -2.27. The lowest BCUT2D eigenvalue weighted by atomic mass is 10.2. The normalized spacial score (nSPS) is 11.8. The third-order valence-corrected chi connectivity index (χ3v) is 4.04. The summed E-state index contributed by atoms with van der Waals surface area (Å²) >= 11 is 0. The molecule has 0 aliphatic rings. The molecule has 0 bridgehead atoms. The summed E-state index contributed by atoms with van der Waals surface area (Å²) in [6.07, 6.45) is 4.46. The maximum atomic E-state index is 12.9. The summed E-state index contributed by atoms with van der Waals surface area (Å²) in [6, 6.07) is 9.13. The molecule has 0 radical (unpaired) electrons. The number of hydrogen-bond donors (Lipinski definition) is 1. The average Bonchev–Trinajstić information content (AvgIpc) is 2.94. The van der Waals surface area contributed by atoms with Crippen LogP contribution in [0.3, 0.4) is 0 Å². The van der Waals surface area contributed by atoms with E-state index in [1.54, 1.807) is 36.8 Å². The first kappa shape index (κ1) is 17.0. The molecule has 4 aromatic rings. The van der Waals surface area contributed by atoms with Crippen molar-refractivity contribution in [2.45, 2.75) is 26.4 Å². The Balaban J connectivity index is 1.96. The highest BCUT2D eigenvalue weighted by molar-refractivity contribution is 6.11. The van der Waals surface area contributed by atoms with Crippen LogP contribution in [0.2, 0.25) is 0 Å². The van der Waals surface area contributed by atoms with Crippen LogP contribution < -0.4 is 5.73 Å². The Hall–Kier alpha value is -3.48. The second-order valence-electron chi connectivity index (χ2n) is 7.25. The Morgan fingerprint density at radius 3 is 2.52 bits per heavy atom. The van der Waals surface area contributed by atoms with Crippen molar-refractivity contribution in [3.05, 3.63) is 48.9 Å². The zero-order chi connectivity index (χ0) is 19.2. The van der Waals surface area contributed by atoms with Crippen LogP contribution in [0.5, 0.6) is 0 Å². The molecule has 0 fully saturated rings. The summed E-state index contributed by atoms with van der Waals surface area (Å²) in [5.74, 6) is 0. The first-order chi connectivity index (χ1) is 12.8. The highest BCUT2D eigenvalue weighted by atomic mass is 16.6. The molecule has 0 atom stereocenters. The van der Waals surface area contributed by atoms with Crippen molar-refractivity contribution < 1.29 is 9.53 Å². The number of carbonyl (C=O) groups is 1. The molecule has 0 saturated carbocycles. The van der Waals surface area contributed by atoms with E-state index in [1.807, 2.05) is 32.9 Å². The largest absolute Gasteiger partial charge is 0.443 e. The molecule has 27 heavy (non-hydrogen) atoms. The van der Waals surface area contributed by atoms with Gasteiger partial charge in [0.25, 0.3) is 0 Å². The summed E-state index contributed by atoms with van der Waals surface area (Å²) in [4.78, 5) is 26.1. The Labute approximate surface area is 155 Å². The van der Waals surface area contributed by atoms with Crippen LogP contribution >= 0.6 is 0 Å². The van der Waals surface area contributed by atoms with E-state index in [-0.39, 0.29) is 0 Å². The maximum absolute atomic E-state index is 12.9. The van der Waals surface area contributed by atoms with Crippen LogP contribution in [0.25, 0.3) is 33.3 Å². The third-order valence-electron chi connectivity index (χ3n) is 4.04. The minimum absolute atomic E-state index is 0.483. The van der Waals surface area contributed by atoms with Gasteiger partial charge in [0.05, 0.1) is 28.8 Å². The SMILES string of the molecule is CC(C)(C)OC(=O)n1c2ccncc2c2ccc(-c3ccc(N)cn3)nc21. The van der Waals surface area contributed by atoms with E-state index in [2.05, 4.69) is 9.97 Å². The fourth-order valence-corrected chi connectivity index (χ4v) is 2.92. The standard InChI is InChI=1S/C20H19N5O2/c1-20(2,3)27-19(26)25-17-8-9-22-11-14(17)13-5-7-16(24-18(13)25)15-6-4-12(21)10-23-15/h4-11H,21H2,1-3H3. The summed E-state index contributed by atoms with van der Waals surface area (Å²) in [6.45, 7) is 5.49. The molecule has 136 valence electrons. The van der Waals surface area contributed by atoms with Gasteiger partial charge < -0.3 is 10.5 Å². The van der Waals surface area contributed by atoms with Gasteiger partial charge in [-0.2, -0.15) is 0 Å². The number of hydrogen-bond acceptors (Lipinski definition) is 6. The van der Waals surface area contributed by atoms with Gasteiger partial charge in [-0.15, -0.1) is 0 Å². The molecule has 0 aromatic carbocycles. The molecule has 0 unspecified atom stereocenters. The van der Waals surface area contributed by atoms with Crippen LogP contribution in [-0.4, -0.2) is 31.2 Å². The zero-order valence-corrected chi connectivity index (χ0v) is 15.3. The number of nitrogen functional groups attached to an aromatic ring is 1. The molecule has 2 N–H and O–H groups in total. The highest BCUT2D eigenvalue weighted by Gasteiger charge is 2.23. The summed E-state index contributed by atoms with van der Waals surface area (Å²) in [5, 5.41) is 1.66. The lowest BCUT2D eigenvalue weighted by molar-refractivity contribution is 0.0550. The number of ether oxygens (including phenoxy) is 1. The fraction of sp³-hybridized carbons (Fsp3) is 0.200. The molecule has 7 nitrogen and oxygen atoms in total. The van der Waals surface area contributed by atoms with Gasteiger partial charge in [0.1, 0.15) is 5.60 Å². The van der Waals surface area contributed by atoms with Crippen molar-refractivity contribution in [2.75, 3.05) is 5.73 Å². The van der Waals surface area contributed by atoms with Crippen LogP contribution in [0.15, 0.2) is 48.9 Å². The molecule has 0 aliphatic carbocycles. The highest BCUT2D eigenvalue weighted by Crippen LogP contribution is 2.30. The summed E-state index contributed by atoms with van der Waals surface area (Å²) in [5.41, 5.74) is 8.18. The molecule has 0 amide bonds. The average molecular weight is 361 g/mol. The van der Waals surface area contributed by atoms with Gasteiger partial charge in [-0.25, -0.2) is 14.3 Å². The molecule has 4 aromatic heterocycles. The molecule has 4 heterocycles. The van der Waals surface area contributed by atoms with Gasteiger partial charge in [0.2, 0.25) is 0 Å².